The highest BCUT2D eigenvalue weighted by Crippen LogP contribution is 2.36. The van der Waals surface area contributed by atoms with Gasteiger partial charge in [-0.3, -0.25) is 0 Å². The minimum Gasteiger partial charge on any atom is -0.406 e. The maximum atomic E-state index is 12.7. The second-order valence-corrected chi connectivity index (χ2v) is 8.91. The van der Waals surface area contributed by atoms with E-state index in [4.69, 9.17) is 11.6 Å². The Balaban J connectivity index is 1.65. The molecule has 0 radical (unpaired) electrons. The molecule has 1 atom stereocenters. The predicted octanol–water partition coefficient (Wildman–Crippen LogP) is 4.68. The molecule has 27 heavy (non-hydrogen) atoms. The molecule has 0 N–H and O–H groups in total. The number of alkyl halides is 3. The second kappa shape index (κ2) is 7.85. The van der Waals surface area contributed by atoms with Crippen LogP contribution in [0.1, 0.15) is 19.3 Å². The summed E-state index contributed by atoms with van der Waals surface area (Å²) in [7, 11) is -3.76. The number of hydrogen-bond donors (Lipinski definition) is 0. The highest BCUT2D eigenvalue weighted by Gasteiger charge is 2.34. The van der Waals surface area contributed by atoms with E-state index >= 15 is 0 Å². The van der Waals surface area contributed by atoms with E-state index in [0.29, 0.717) is 25.9 Å². The SMILES string of the molecule is O=S(=O)(c1ccc(OC(F)(F)F)cc1)N1CCC(C2C=CCC=C2Cl)CC1. The molecule has 1 aliphatic carbocycles. The van der Waals surface area contributed by atoms with Gasteiger partial charge in [-0.1, -0.05) is 29.8 Å². The first-order valence-electron chi connectivity index (χ1n) is 8.55. The van der Waals surface area contributed by atoms with Crippen LogP contribution in [-0.4, -0.2) is 32.2 Å². The van der Waals surface area contributed by atoms with Crippen molar-refractivity contribution in [3.63, 3.8) is 0 Å². The molecule has 148 valence electrons. The largest absolute Gasteiger partial charge is 0.573 e. The third-order valence-corrected chi connectivity index (χ3v) is 7.13. The summed E-state index contributed by atoms with van der Waals surface area (Å²) in [4.78, 5) is -0.0500. The Morgan fingerprint density at radius 1 is 1.11 bits per heavy atom. The van der Waals surface area contributed by atoms with Crippen LogP contribution in [0.15, 0.2) is 52.4 Å². The summed E-state index contributed by atoms with van der Waals surface area (Å²) < 4.78 is 67.3. The van der Waals surface area contributed by atoms with Gasteiger partial charge in [0.15, 0.2) is 0 Å². The molecule has 1 saturated heterocycles. The minimum atomic E-state index is -4.81. The third kappa shape index (κ3) is 4.86. The first kappa shape index (κ1) is 20.2. The summed E-state index contributed by atoms with van der Waals surface area (Å²) in [5.74, 6) is -0.0472. The number of sulfonamides is 1. The molecule has 1 aromatic rings. The van der Waals surface area contributed by atoms with Crippen molar-refractivity contribution in [1.29, 1.82) is 0 Å². The number of hydrogen-bond acceptors (Lipinski definition) is 3. The maximum absolute atomic E-state index is 12.7. The summed E-state index contributed by atoms with van der Waals surface area (Å²) in [5, 5.41) is 0.805. The highest BCUT2D eigenvalue weighted by atomic mass is 35.5. The molecule has 0 saturated carbocycles. The van der Waals surface area contributed by atoms with Gasteiger partial charge in [0.2, 0.25) is 10.0 Å². The number of piperidine rings is 1. The van der Waals surface area contributed by atoms with Crippen molar-refractivity contribution in [2.75, 3.05) is 13.1 Å². The summed E-state index contributed by atoms with van der Waals surface area (Å²) in [6.45, 7) is 0.699. The molecule has 0 aromatic heterocycles. The van der Waals surface area contributed by atoms with E-state index in [1.807, 2.05) is 6.08 Å². The summed E-state index contributed by atoms with van der Waals surface area (Å²) in [6.07, 6.45) is 3.46. The molecule has 3 rings (SSSR count). The summed E-state index contributed by atoms with van der Waals surface area (Å²) in [5.41, 5.74) is 0. The van der Waals surface area contributed by atoms with E-state index in [1.165, 1.54) is 4.31 Å². The van der Waals surface area contributed by atoms with E-state index in [2.05, 4.69) is 16.9 Å². The number of ether oxygens (including phenoxy) is 1. The van der Waals surface area contributed by atoms with Gasteiger partial charge in [-0.15, -0.1) is 13.2 Å². The molecule has 1 aromatic carbocycles. The minimum absolute atomic E-state index is 0.0500. The van der Waals surface area contributed by atoms with Gasteiger partial charge < -0.3 is 4.74 Å². The van der Waals surface area contributed by atoms with E-state index in [0.717, 1.165) is 35.7 Å². The average molecular weight is 422 g/mol. The summed E-state index contributed by atoms with van der Waals surface area (Å²) >= 11 is 6.28. The van der Waals surface area contributed by atoms with Gasteiger partial charge in [-0.05, 0) is 49.4 Å². The van der Waals surface area contributed by atoms with Gasteiger partial charge in [-0.25, -0.2) is 8.42 Å². The molecule has 2 aliphatic rings. The molecule has 9 heteroatoms. The monoisotopic (exact) mass is 421 g/mol. The van der Waals surface area contributed by atoms with Crippen LogP contribution in [0, 0.1) is 11.8 Å². The van der Waals surface area contributed by atoms with Crippen LogP contribution in [0.4, 0.5) is 13.2 Å². The number of rotatable bonds is 4. The molecule has 1 unspecified atom stereocenters. The Kier molecular flexibility index (Phi) is 5.88. The van der Waals surface area contributed by atoms with Crippen LogP contribution >= 0.6 is 11.6 Å². The van der Waals surface area contributed by atoms with Crippen LogP contribution < -0.4 is 4.74 Å². The number of benzene rings is 1. The quantitative estimate of drug-likeness (QED) is 0.663. The predicted molar refractivity (Wildman–Crippen MR) is 95.8 cm³/mol. The number of allylic oxidation sites excluding steroid dienone is 4. The normalized spacial score (nSPS) is 22.5. The van der Waals surface area contributed by atoms with Gasteiger partial charge in [-0.2, -0.15) is 4.31 Å². The molecule has 4 nitrogen and oxygen atoms in total. The summed E-state index contributed by atoms with van der Waals surface area (Å²) in [6, 6.07) is 4.27. The Labute approximate surface area is 161 Å². The van der Waals surface area contributed by atoms with Crippen molar-refractivity contribution in [2.45, 2.75) is 30.5 Å². The van der Waals surface area contributed by atoms with Crippen molar-refractivity contribution >= 4 is 21.6 Å². The molecule has 0 bridgehead atoms. The second-order valence-electron chi connectivity index (χ2n) is 6.54. The lowest BCUT2D eigenvalue weighted by Gasteiger charge is -2.35. The first-order chi connectivity index (χ1) is 12.7. The molecular formula is C18H19ClF3NO3S. The van der Waals surface area contributed by atoms with Crippen LogP contribution in [-0.2, 0) is 10.0 Å². The molecule has 0 spiro atoms. The lowest BCUT2D eigenvalue weighted by molar-refractivity contribution is -0.274. The first-order valence-corrected chi connectivity index (χ1v) is 10.4. The van der Waals surface area contributed by atoms with E-state index in [-0.39, 0.29) is 16.7 Å². The lowest BCUT2D eigenvalue weighted by atomic mass is 9.82. The van der Waals surface area contributed by atoms with Gasteiger partial charge in [0.1, 0.15) is 5.75 Å². The van der Waals surface area contributed by atoms with Crippen molar-refractivity contribution < 1.29 is 26.3 Å². The smallest absolute Gasteiger partial charge is 0.406 e. The maximum Gasteiger partial charge on any atom is 0.573 e. The van der Waals surface area contributed by atoms with Crippen LogP contribution in [0.2, 0.25) is 0 Å². The van der Waals surface area contributed by atoms with E-state index in [1.54, 1.807) is 0 Å². The zero-order valence-corrected chi connectivity index (χ0v) is 15.9. The fraction of sp³-hybridized carbons (Fsp3) is 0.444. The lowest BCUT2D eigenvalue weighted by Crippen LogP contribution is -2.40. The van der Waals surface area contributed by atoms with E-state index in [9.17, 15) is 21.6 Å². The van der Waals surface area contributed by atoms with Crippen LogP contribution in [0.3, 0.4) is 0 Å². The van der Waals surface area contributed by atoms with Crippen molar-refractivity contribution in [3.05, 3.63) is 47.5 Å². The van der Waals surface area contributed by atoms with Gasteiger partial charge in [0.05, 0.1) is 4.90 Å². The Morgan fingerprint density at radius 3 is 2.30 bits per heavy atom. The zero-order valence-electron chi connectivity index (χ0n) is 14.3. The van der Waals surface area contributed by atoms with Crippen molar-refractivity contribution in [2.24, 2.45) is 11.8 Å². The Hall–Kier alpha value is -1.51. The molecule has 1 heterocycles. The van der Waals surface area contributed by atoms with Crippen molar-refractivity contribution in [3.8, 4) is 5.75 Å². The van der Waals surface area contributed by atoms with E-state index < -0.39 is 22.1 Å². The standard InChI is InChI=1S/C18H19ClF3NO3S/c19-17-4-2-1-3-16(17)13-9-11-23(12-10-13)27(24,25)15-7-5-14(6-8-15)26-18(20,21)22/h1,3-8,13,16H,2,9-12H2. The zero-order chi connectivity index (χ0) is 19.7. The highest BCUT2D eigenvalue weighted by molar-refractivity contribution is 7.89. The molecular weight excluding hydrogens is 403 g/mol. The van der Waals surface area contributed by atoms with Gasteiger partial charge in [0, 0.05) is 24.0 Å². The average Bonchev–Trinajstić information content (AvgIpc) is 2.61. The fourth-order valence-electron chi connectivity index (χ4n) is 3.45. The Bertz CT molecular complexity index is 826. The molecule has 1 aliphatic heterocycles. The molecule has 0 amide bonds. The fourth-order valence-corrected chi connectivity index (χ4v) is 5.26. The Morgan fingerprint density at radius 2 is 1.74 bits per heavy atom. The van der Waals surface area contributed by atoms with Crippen LogP contribution in [0.5, 0.6) is 5.75 Å². The van der Waals surface area contributed by atoms with Crippen molar-refractivity contribution in [1.82, 2.24) is 4.31 Å². The third-order valence-electron chi connectivity index (χ3n) is 4.81. The molecule has 1 fully saturated rings. The number of halogens is 4. The van der Waals surface area contributed by atoms with Gasteiger partial charge in [0.25, 0.3) is 0 Å². The topological polar surface area (TPSA) is 46.6 Å². The number of nitrogens with zero attached hydrogens (tertiary/aromatic N) is 1. The van der Waals surface area contributed by atoms with Gasteiger partial charge >= 0.3 is 6.36 Å². The van der Waals surface area contributed by atoms with Crippen LogP contribution in [0.25, 0.3) is 0 Å².